The van der Waals surface area contributed by atoms with Crippen molar-refractivity contribution in [2.45, 2.75) is 13.0 Å². The molecule has 0 aromatic carbocycles. The molecule has 0 saturated carbocycles. The maximum absolute atomic E-state index is 13.0. The van der Waals surface area contributed by atoms with Gasteiger partial charge in [-0.3, -0.25) is 9.59 Å². The highest BCUT2D eigenvalue weighted by Gasteiger charge is 2.17. The van der Waals surface area contributed by atoms with Gasteiger partial charge in [-0.05, 0) is 19.1 Å². The quantitative estimate of drug-likeness (QED) is 0.712. The van der Waals surface area contributed by atoms with Crippen molar-refractivity contribution in [2.75, 3.05) is 0 Å². The van der Waals surface area contributed by atoms with Gasteiger partial charge in [-0.2, -0.15) is 4.39 Å². The first-order valence-electron chi connectivity index (χ1n) is 4.16. The number of halogens is 1. The Balaban J connectivity index is 2.78. The number of carbonyl (C=O) groups is 2. The smallest absolute Gasteiger partial charge is 0.325 e. The number of nitrogens with one attached hydrogen (secondary N) is 1. The predicted octanol–water partition coefficient (Wildman–Crippen LogP) is 0.424. The maximum atomic E-state index is 13.0. The molecule has 1 atom stereocenters. The highest BCUT2D eigenvalue weighted by molar-refractivity contribution is 5.96. The van der Waals surface area contributed by atoms with Crippen molar-refractivity contribution in [2.24, 2.45) is 0 Å². The molecule has 0 spiro atoms. The van der Waals surface area contributed by atoms with Crippen LogP contribution in [0.3, 0.4) is 0 Å². The molecule has 5 nitrogen and oxygen atoms in total. The van der Waals surface area contributed by atoms with Crippen molar-refractivity contribution >= 4 is 11.9 Å². The third-order valence-electron chi connectivity index (χ3n) is 1.72. The number of nitrogens with zero attached hydrogens (tertiary/aromatic N) is 1. The Morgan fingerprint density at radius 3 is 2.80 bits per heavy atom. The summed E-state index contributed by atoms with van der Waals surface area (Å²) in [4.78, 5) is 25.0. The van der Waals surface area contributed by atoms with Gasteiger partial charge in [-0.15, -0.1) is 0 Å². The van der Waals surface area contributed by atoms with Gasteiger partial charge in [0.2, 0.25) is 5.95 Å². The first-order chi connectivity index (χ1) is 7.02. The number of aliphatic carboxylic acids is 1. The molecule has 15 heavy (non-hydrogen) atoms. The minimum Gasteiger partial charge on any atom is -0.480 e. The molecule has 0 aliphatic carbocycles. The predicted molar refractivity (Wildman–Crippen MR) is 48.8 cm³/mol. The van der Waals surface area contributed by atoms with E-state index in [-0.39, 0.29) is 5.56 Å². The highest BCUT2D eigenvalue weighted by Crippen LogP contribution is 2.02. The molecule has 0 unspecified atom stereocenters. The van der Waals surface area contributed by atoms with E-state index in [1.165, 1.54) is 25.3 Å². The monoisotopic (exact) mass is 212 g/mol. The molecule has 80 valence electrons. The fraction of sp³-hybridized carbons (Fsp3) is 0.222. The van der Waals surface area contributed by atoms with Crippen LogP contribution in [0.2, 0.25) is 0 Å². The summed E-state index contributed by atoms with van der Waals surface area (Å²) in [6.45, 7) is 1.29. The zero-order valence-electron chi connectivity index (χ0n) is 7.90. The Hall–Kier alpha value is -1.98. The first-order valence-corrected chi connectivity index (χ1v) is 4.16. The summed E-state index contributed by atoms with van der Waals surface area (Å²) >= 11 is 0. The molecule has 0 fully saturated rings. The molecule has 2 N–H and O–H groups in total. The number of pyridine rings is 1. The summed E-state index contributed by atoms with van der Waals surface area (Å²) in [6.07, 6.45) is 1.20. The lowest BCUT2D eigenvalue weighted by atomic mass is 10.2. The number of carboxylic acids is 1. The van der Waals surface area contributed by atoms with E-state index in [9.17, 15) is 14.0 Å². The molecule has 1 amide bonds. The van der Waals surface area contributed by atoms with Crippen LogP contribution in [0.15, 0.2) is 18.3 Å². The number of aromatic nitrogens is 1. The normalized spacial score (nSPS) is 11.9. The molecule has 1 aromatic rings. The molecule has 1 aromatic heterocycles. The van der Waals surface area contributed by atoms with E-state index >= 15 is 0 Å². The van der Waals surface area contributed by atoms with E-state index < -0.39 is 23.9 Å². The summed E-state index contributed by atoms with van der Waals surface area (Å²) in [5.74, 6) is -2.91. The van der Waals surface area contributed by atoms with E-state index in [1.807, 2.05) is 0 Å². The van der Waals surface area contributed by atoms with Gasteiger partial charge in [0.1, 0.15) is 6.04 Å². The Morgan fingerprint density at radius 1 is 1.60 bits per heavy atom. The molecule has 0 radical (unpaired) electrons. The van der Waals surface area contributed by atoms with Crippen molar-refractivity contribution in [1.29, 1.82) is 0 Å². The molecule has 1 rings (SSSR count). The topological polar surface area (TPSA) is 79.3 Å². The van der Waals surface area contributed by atoms with Crippen molar-refractivity contribution in [1.82, 2.24) is 10.3 Å². The van der Waals surface area contributed by atoms with Crippen LogP contribution in [0.25, 0.3) is 0 Å². The molecule has 0 bridgehead atoms. The van der Waals surface area contributed by atoms with Crippen LogP contribution in [0, 0.1) is 5.95 Å². The zero-order chi connectivity index (χ0) is 11.4. The van der Waals surface area contributed by atoms with Gasteiger partial charge in [-0.1, -0.05) is 0 Å². The van der Waals surface area contributed by atoms with E-state index in [4.69, 9.17) is 5.11 Å². The molecule has 1 heterocycles. The summed E-state index contributed by atoms with van der Waals surface area (Å²) < 4.78 is 13.0. The van der Waals surface area contributed by atoms with Gasteiger partial charge >= 0.3 is 5.97 Å². The van der Waals surface area contributed by atoms with Crippen molar-refractivity contribution in [3.05, 3.63) is 29.8 Å². The van der Waals surface area contributed by atoms with Gasteiger partial charge in [-0.25, -0.2) is 4.98 Å². The molecule has 6 heteroatoms. The molecule has 0 aliphatic heterocycles. The van der Waals surface area contributed by atoms with Crippen LogP contribution in [0.5, 0.6) is 0 Å². The maximum Gasteiger partial charge on any atom is 0.325 e. The number of amides is 1. The Labute approximate surface area is 84.9 Å². The van der Waals surface area contributed by atoms with Gasteiger partial charge in [0, 0.05) is 6.20 Å². The first kappa shape index (κ1) is 11.1. The standard InChI is InChI=1S/C9H9FN2O3/c1-5(9(14)15)12-8(13)6-3-2-4-11-7(6)10/h2-5H,1H3,(H,12,13)(H,14,15)/t5-/m0/s1. The molecule has 0 aliphatic rings. The van der Waals surface area contributed by atoms with Crippen molar-refractivity contribution in [3.8, 4) is 0 Å². The molecular weight excluding hydrogens is 203 g/mol. The Bertz CT molecular complexity index is 395. The van der Waals surface area contributed by atoms with Gasteiger partial charge in [0.05, 0.1) is 5.56 Å². The summed E-state index contributed by atoms with van der Waals surface area (Å²) in [5.41, 5.74) is -0.273. The van der Waals surface area contributed by atoms with E-state index in [0.29, 0.717) is 0 Å². The third kappa shape index (κ3) is 2.73. The summed E-state index contributed by atoms with van der Waals surface area (Å²) in [7, 11) is 0. The average Bonchev–Trinajstić information content (AvgIpc) is 2.18. The number of hydrogen-bond donors (Lipinski definition) is 2. The summed E-state index contributed by atoms with van der Waals surface area (Å²) in [5, 5.41) is 10.6. The highest BCUT2D eigenvalue weighted by atomic mass is 19.1. The number of hydrogen-bond acceptors (Lipinski definition) is 3. The van der Waals surface area contributed by atoms with Crippen LogP contribution in [0.4, 0.5) is 4.39 Å². The van der Waals surface area contributed by atoms with Gasteiger partial charge in [0.25, 0.3) is 5.91 Å². The van der Waals surface area contributed by atoms with Gasteiger partial charge < -0.3 is 10.4 Å². The van der Waals surface area contributed by atoms with Crippen LogP contribution < -0.4 is 5.32 Å². The van der Waals surface area contributed by atoms with Gasteiger partial charge in [0.15, 0.2) is 0 Å². The average molecular weight is 212 g/mol. The zero-order valence-corrected chi connectivity index (χ0v) is 7.90. The number of rotatable bonds is 3. The minimum atomic E-state index is -1.19. The second-order valence-electron chi connectivity index (χ2n) is 2.88. The lowest BCUT2D eigenvalue weighted by Gasteiger charge is -2.08. The SMILES string of the molecule is C[C@H](NC(=O)c1cccnc1F)C(=O)O. The number of carboxylic acid groups (broad SMARTS) is 1. The van der Waals surface area contributed by atoms with Crippen LogP contribution in [-0.2, 0) is 4.79 Å². The van der Waals surface area contributed by atoms with E-state index in [0.717, 1.165) is 0 Å². The minimum absolute atomic E-state index is 0.273. The third-order valence-corrected chi connectivity index (χ3v) is 1.72. The molecule has 0 saturated heterocycles. The van der Waals surface area contributed by atoms with E-state index in [2.05, 4.69) is 10.3 Å². The number of carbonyl (C=O) groups excluding carboxylic acids is 1. The fourth-order valence-corrected chi connectivity index (χ4v) is 0.892. The Kier molecular flexibility index (Phi) is 3.33. The van der Waals surface area contributed by atoms with Crippen molar-refractivity contribution < 1.29 is 19.1 Å². The van der Waals surface area contributed by atoms with E-state index in [1.54, 1.807) is 0 Å². The van der Waals surface area contributed by atoms with Crippen molar-refractivity contribution in [3.63, 3.8) is 0 Å². The summed E-state index contributed by atoms with van der Waals surface area (Å²) in [6, 6.07) is 1.55. The van der Waals surface area contributed by atoms with Crippen LogP contribution in [-0.4, -0.2) is 28.0 Å². The van der Waals surface area contributed by atoms with Crippen LogP contribution >= 0.6 is 0 Å². The second kappa shape index (κ2) is 4.50. The second-order valence-corrected chi connectivity index (χ2v) is 2.88. The lowest BCUT2D eigenvalue weighted by molar-refractivity contribution is -0.138. The van der Waals surface area contributed by atoms with Crippen LogP contribution in [0.1, 0.15) is 17.3 Å². The largest absolute Gasteiger partial charge is 0.480 e. The lowest BCUT2D eigenvalue weighted by Crippen LogP contribution is -2.38. The molecular formula is C9H9FN2O3. The fourth-order valence-electron chi connectivity index (χ4n) is 0.892. The Morgan fingerprint density at radius 2 is 2.27 bits per heavy atom.